The van der Waals surface area contributed by atoms with E-state index in [9.17, 15) is 35.7 Å². The predicted octanol–water partition coefficient (Wildman–Crippen LogP) is 0.694. The van der Waals surface area contributed by atoms with Gasteiger partial charge in [0.25, 0.3) is 0 Å². The quantitative estimate of drug-likeness (QED) is 0.238. The third-order valence-electron chi connectivity index (χ3n) is 5.65. The van der Waals surface area contributed by atoms with Crippen molar-refractivity contribution in [1.29, 1.82) is 0 Å². The number of benzene rings is 2. The van der Waals surface area contributed by atoms with Crippen LogP contribution in [0.5, 0.6) is 34.5 Å². The minimum absolute atomic E-state index is 0.0175. The van der Waals surface area contributed by atoms with Gasteiger partial charge < -0.3 is 54.7 Å². The summed E-state index contributed by atoms with van der Waals surface area (Å²) in [6, 6.07) is 6.50. The highest BCUT2D eigenvalue weighted by Crippen LogP contribution is 2.45. The van der Waals surface area contributed by atoms with Crippen LogP contribution in [0.1, 0.15) is 0 Å². The second-order valence-corrected chi connectivity index (χ2v) is 7.86. The summed E-state index contributed by atoms with van der Waals surface area (Å²) >= 11 is 0. The Kier molecular flexibility index (Phi) is 6.74. The predicted molar refractivity (Wildman–Crippen MR) is 119 cm³/mol. The van der Waals surface area contributed by atoms with E-state index in [0.29, 0.717) is 0 Å². The van der Waals surface area contributed by atoms with Gasteiger partial charge in [-0.3, -0.25) is 0 Å². The average Bonchev–Trinajstić information content (AvgIpc) is 2.84. The first-order valence-corrected chi connectivity index (χ1v) is 10.4. The van der Waals surface area contributed by atoms with Gasteiger partial charge >= 0.3 is 11.3 Å². The highest BCUT2D eigenvalue weighted by molar-refractivity contribution is 5.88. The van der Waals surface area contributed by atoms with Gasteiger partial charge in [-0.05, 0) is 0 Å². The topological polar surface area (TPSA) is 190 Å². The first-order valence-electron chi connectivity index (χ1n) is 10.4. The molecule has 0 amide bonds. The number of ether oxygens (including phenoxy) is 4. The lowest BCUT2D eigenvalue weighted by Gasteiger charge is -2.39. The van der Waals surface area contributed by atoms with E-state index >= 15 is 0 Å². The van der Waals surface area contributed by atoms with E-state index < -0.39 is 37.3 Å². The summed E-state index contributed by atoms with van der Waals surface area (Å²) in [7, 11) is 2.66. The SMILES string of the molecule is COc1cc(-c2[o+]c3cc(O)cc(O)c3cc2O[C@H]2O[C@H](CO)[C@@H](O)[C@H](O)[C@H]2O)cc(OC)c1O. The fraction of sp³-hybridized carbons (Fsp3) is 0.348. The lowest BCUT2D eigenvalue weighted by Crippen LogP contribution is -2.60. The number of methoxy groups -OCH3 is 2. The van der Waals surface area contributed by atoms with E-state index in [1.165, 1.54) is 38.5 Å². The van der Waals surface area contributed by atoms with Crippen LogP contribution < -0.4 is 14.2 Å². The lowest BCUT2D eigenvalue weighted by atomic mass is 9.99. The molecule has 1 aliphatic rings. The van der Waals surface area contributed by atoms with Gasteiger partial charge in [0, 0.05) is 24.3 Å². The molecule has 12 nitrogen and oxygen atoms in total. The lowest BCUT2D eigenvalue weighted by molar-refractivity contribution is -0.277. The Bertz CT molecular complexity index is 1200. The van der Waals surface area contributed by atoms with Crippen LogP contribution in [0, 0.1) is 0 Å². The van der Waals surface area contributed by atoms with E-state index in [1.54, 1.807) is 0 Å². The number of aliphatic hydroxyl groups is 4. The van der Waals surface area contributed by atoms with Crippen LogP contribution in [0.25, 0.3) is 22.3 Å². The third-order valence-corrected chi connectivity index (χ3v) is 5.65. The molecule has 4 rings (SSSR count). The summed E-state index contributed by atoms with van der Waals surface area (Å²) in [5, 5.41) is 70.7. The van der Waals surface area contributed by atoms with Gasteiger partial charge in [0.15, 0.2) is 11.5 Å². The average molecular weight is 493 g/mol. The number of aliphatic hydroxyl groups excluding tert-OH is 4. The Balaban J connectivity index is 1.89. The molecule has 0 bridgehead atoms. The smallest absolute Gasteiger partial charge is 0.402 e. The minimum atomic E-state index is -1.71. The molecule has 0 spiro atoms. The summed E-state index contributed by atoms with van der Waals surface area (Å²) in [6.07, 6.45) is -7.77. The summed E-state index contributed by atoms with van der Waals surface area (Å²) < 4.78 is 27.5. The zero-order valence-electron chi connectivity index (χ0n) is 18.7. The summed E-state index contributed by atoms with van der Waals surface area (Å²) in [4.78, 5) is 0. The van der Waals surface area contributed by atoms with Crippen molar-refractivity contribution >= 4 is 11.0 Å². The molecule has 0 radical (unpaired) electrons. The van der Waals surface area contributed by atoms with Crippen LogP contribution in [0.3, 0.4) is 0 Å². The largest absolute Gasteiger partial charge is 0.507 e. The molecule has 2 heterocycles. The van der Waals surface area contributed by atoms with Crippen molar-refractivity contribution in [3.8, 4) is 45.8 Å². The number of phenolic OH excluding ortho intramolecular Hbond substituents is 3. The molecule has 5 atom stereocenters. The van der Waals surface area contributed by atoms with Crippen molar-refractivity contribution in [1.82, 2.24) is 0 Å². The second-order valence-electron chi connectivity index (χ2n) is 7.86. The second kappa shape index (κ2) is 9.60. The van der Waals surface area contributed by atoms with Crippen LogP contribution in [-0.2, 0) is 4.74 Å². The molecule has 1 aliphatic heterocycles. The van der Waals surface area contributed by atoms with Crippen LogP contribution in [-0.4, -0.2) is 87.3 Å². The minimum Gasteiger partial charge on any atom is -0.507 e. The third kappa shape index (κ3) is 4.45. The van der Waals surface area contributed by atoms with E-state index in [4.69, 9.17) is 23.4 Å². The van der Waals surface area contributed by atoms with Crippen LogP contribution in [0.15, 0.2) is 34.7 Å². The Morgan fingerprint density at radius 2 is 1.51 bits per heavy atom. The molecule has 1 saturated heterocycles. The molecular weight excluding hydrogens is 468 g/mol. The molecule has 7 N–H and O–H groups in total. The van der Waals surface area contributed by atoms with Crippen molar-refractivity contribution < 1.29 is 59.1 Å². The molecule has 0 saturated carbocycles. The number of aromatic hydroxyl groups is 3. The Labute approximate surface area is 198 Å². The van der Waals surface area contributed by atoms with Gasteiger partial charge in [0.2, 0.25) is 17.8 Å². The standard InChI is InChI=1S/C23H24O12/c1-31-14-3-9(4-15(32-2)18(14)27)22-16(7-11-12(26)5-10(25)6-13(11)33-22)34-23-21(30)20(29)19(28)17(8-24)35-23/h3-7,17,19-21,23-24,28-30H,8H2,1-2H3,(H2-,25,26,27)/p+1/t17-,19-,20+,21-,23+/m1/s1. The molecule has 12 heteroatoms. The monoisotopic (exact) mass is 493 g/mol. The highest BCUT2D eigenvalue weighted by atomic mass is 16.7. The Hall–Kier alpha value is -3.55. The first kappa shape index (κ1) is 24.6. The molecular formula is C23H25O12+. The normalized spacial score (nSPS) is 24.3. The number of hydrogen-bond acceptors (Lipinski definition) is 11. The molecule has 1 fully saturated rings. The maximum Gasteiger partial charge on any atom is 0.402 e. The van der Waals surface area contributed by atoms with Crippen molar-refractivity contribution in [2.45, 2.75) is 30.7 Å². The van der Waals surface area contributed by atoms with Crippen molar-refractivity contribution in [3.05, 3.63) is 30.3 Å². The van der Waals surface area contributed by atoms with Gasteiger partial charge in [0.05, 0.1) is 32.5 Å². The molecule has 1 aromatic heterocycles. The van der Waals surface area contributed by atoms with Gasteiger partial charge in [-0.25, -0.2) is 4.42 Å². The summed E-state index contributed by atoms with van der Waals surface area (Å²) in [6.45, 7) is -0.661. The van der Waals surface area contributed by atoms with E-state index in [-0.39, 0.29) is 56.8 Å². The maximum atomic E-state index is 10.4. The zero-order chi connectivity index (χ0) is 25.4. The van der Waals surface area contributed by atoms with E-state index in [1.807, 2.05) is 0 Å². The molecule has 2 aromatic carbocycles. The first-order chi connectivity index (χ1) is 16.7. The van der Waals surface area contributed by atoms with E-state index in [2.05, 4.69) is 0 Å². The van der Waals surface area contributed by atoms with Crippen molar-refractivity contribution in [2.75, 3.05) is 20.8 Å². The van der Waals surface area contributed by atoms with Gasteiger partial charge in [0.1, 0.15) is 41.3 Å². The fourth-order valence-corrected chi connectivity index (χ4v) is 3.79. The van der Waals surface area contributed by atoms with Crippen LogP contribution in [0.2, 0.25) is 0 Å². The van der Waals surface area contributed by atoms with Crippen molar-refractivity contribution in [3.63, 3.8) is 0 Å². The molecule has 3 aromatic rings. The van der Waals surface area contributed by atoms with E-state index in [0.717, 1.165) is 6.07 Å². The Morgan fingerprint density at radius 1 is 0.857 bits per heavy atom. The van der Waals surface area contributed by atoms with Crippen molar-refractivity contribution in [2.24, 2.45) is 0 Å². The summed E-state index contributed by atoms with van der Waals surface area (Å²) in [5.41, 5.74) is 0.325. The summed E-state index contributed by atoms with van der Waals surface area (Å²) in [5.74, 6) is -0.928. The number of hydrogen-bond donors (Lipinski definition) is 7. The van der Waals surface area contributed by atoms with Crippen LogP contribution in [0.4, 0.5) is 0 Å². The van der Waals surface area contributed by atoms with Gasteiger partial charge in [-0.1, -0.05) is 0 Å². The molecule has 0 aliphatic carbocycles. The number of fused-ring (bicyclic) bond motifs is 1. The fourth-order valence-electron chi connectivity index (χ4n) is 3.79. The zero-order valence-corrected chi connectivity index (χ0v) is 18.7. The van der Waals surface area contributed by atoms with Crippen LogP contribution >= 0.6 is 0 Å². The van der Waals surface area contributed by atoms with Gasteiger partial charge in [-0.15, -0.1) is 0 Å². The van der Waals surface area contributed by atoms with Gasteiger partial charge in [-0.2, -0.15) is 0 Å². The highest BCUT2D eigenvalue weighted by Gasteiger charge is 2.45. The number of phenols is 3. The maximum absolute atomic E-state index is 10.4. The molecule has 35 heavy (non-hydrogen) atoms. The molecule has 0 unspecified atom stereocenters. The molecule has 188 valence electrons. The Morgan fingerprint density at radius 3 is 2.11 bits per heavy atom. The number of rotatable bonds is 6.